The molecular weight excluding hydrogens is 279 g/mol. The lowest BCUT2D eigenvalue weighted by Crippen LogP contribution is -2.05. The van der Waals surface area contributed by atoms with Crippen molar-refractivity contribution in [3.63, 3.8) is 0 Å². The minimum Gasteiger partial charge on any atom is -0.481 e. The number of halogens is 1. The molecule has 1 atom stereocenters. The van der Waals surface area contributed by atoms with Crippen molar-refractivity contribution in [1.82, 2.24) is 0 Å². The van der Waals surface area contributed by atoms with Crippen LogP contribution < -0.4 is 0 Å². The molecule has 5 heteroatoms. The van der Waals surface area contributed by atoms with Crippen molar-refractivity contribution in [2.45, 2.75) is 17.1 Å². The van der Waals surface area contributed by atoms with Crippen molar-refractivity contribution in [1.29, 1.82) is 0 Å². The highest BCUT2D eigenvalue weighted by atomic mass is 32.2. The van der Waals surface area contributed by atoms with Gasteiger partial charge < -0.3 is 5.11 Å². The first-order valence-corrected chi connectivity index (χ1v) is 7.30. The van der Waals surface area contributed by atoms with E-state index in [-0.39, 0.29) is 18.0 Å². The Hall–Kier alpha value is -2.01. The number of carboxylic acids is 1. The highest BCUT2D eigenvalue weighted by Crippen LogP contribution is 2.17. The van der Waals surface area contributed by atoms with Gasteiger partial charge in [0.05, 0.1) is 23.0 Å². The first-order valence-electron chi connectivity index (χ1n) is 5.99. The van der Waals surface area contributed by atoms with Gasteiger partial charge in [-0.2, -0.15) is 0 Å². The molecule has 0 spiro atoms. The molecule has 104 valence electrons. The average Bonchev–Trinajstić information content (AvgIpc) is 2.41. The Bertz CT molecular complexity index is 638. The fourth-order valence-electron chi connectivity index (χ4n) is 1.84. The van der Waals surface area contributed by atoms with Gasteiger partial charge in [-0.25, -0.2) is 4.39 Å². The number of aliphatic carboxylic acids is 1. The minimum absolute atomic E-state index is 0.100. The molecule has 0 fully saturated rings. The zero-order valence-corrected chi connectivity index (χ0v) is 11.4. The van der Waals surface area contributed by atoms with Crippen LogP contribution >= 0.6 is 0 Å². The summed E-state index contributed by atoms with van der Waals surface area (Å²) in [6.45, 7) is 0. The summed E-state index contributed by atoms with van der Waals surface area (Å²) in [6.07, 6.45) is -0.100. The molecule has 20 heavy (non-hydrogen) atoms. The van der Waals surface area contributed by atoms with E-state index in [4.69, 9.17) is 5.11 Å². The van der Waals surface area contributed by atoms with Crippen molar-refractivity contribution in [2.75, 3.05) is 0 Å². The zero-order valence-electron chi connectivity index (χ0n) is 10.6. The summed E-state index contributed by atoms with van der Waals surface area (Å²) in [5.74, 6) is -1.09. The van der Waals surface area contributed by atoms with Crippen LogP contribution in [-0.4, -0.2) is 15.3 Å². The number of hydrogen-bond acceptors (Lipinski definition) is 2. The second-order valence-corrected chi connectivity index (χ2v) is 5.73. The maximum Gasteiger partial charge on any atom is 0.307 e. The Morgan fingerprint density at radius 1 is 1.05 bits per heavy atom. The molecule has 0 saturated heterocycles. The first-order chi connectivity index (χ1) is 9.56. The molecular formula is C15H13FO3S. The number of carboxylic acid groups (broad SMARTS) is 1. The molecule has 0 aliphatic heterocycles. The summed E-state index contributed by atoms with van der Waals surface area (Å²) in [5.41, 5.74) is 1.38. The SMILES string of the molecule is O=C(O)Cc1ccccc1CS(=O)c1ccc(F)cc1. The van der Waals surface area contributed by atoms with E-state index in [1.54, 1.807) is 24.3 Å². The molecule has 3 nitrogen and oxygen atoms in total. The van der Waals surface area contributed by atoms with Crippen LogP contribution in [0, 0.1) is 5.82 Å². The van der Waals surface area contributed by atoms with E-state index >= 15 is 0 Å². The Balaban J connectivity index is 2.19. The fourth-order valence-corrected chi connectivity index (χ4v) is 3.02. The van der Waals surface area contributed by atoms with Crippen molar-refractivity contribution >= 4 is 16.8 Å². The molecule has 0 heterocycles. The van der Waals surface area contributed by atoms with Gasteiger partial charge in [0.2, 0.25) is 0 Å². The van der Waals surface area contributed by atoms with Gasteiger partial charge in [0, 0.05) is 4.90 Å². The normalized spacial score (nSPS) is 12.1. The Labute approximate surface area is 118 Å². The lowest BCUT2D eigenvalue weighted by atomic mass is 10.1. The van der Waals surface area contributed by atoms with Crippen LogP contribution in [0.25, 0.3) is 0 Å². The molecule has 2 aromatic carbocycles. The lowest BCUT2D eigenvalue weighted by Gasteiger charge is -2.07. The van der Waals surface area contributed by atoms with Crippen molar-refractivity contribution in [3.05, 3.63) is 65.5 Å². The van der Waals surface area contributed by atoms with Crippen LogP contribution in [0.1, 0.15) is 11.1 Å². The van der Waals surface area contributed by atoms with Crippen LogP contribution in [-0.2, 0) is 27.8 Å². The third kappa shape index (κ3) is 3.74. The summed E-state index contributed by atoms with van der Waals surface area (Å²) < 4.78 is 25.0. The smallest absolute Gasteiger partial charge is 0.307 e. The molecule has 0 saturated carbocycles. The van der Waals surface area contributed by atoms with E-state index in [2.05, 4.69) is 0 Å². The fraction of sp³-hybridized carbons (Fsp3) is 0.133. The molecule has 0 aliphatic carbocycles. The van der Waals surface area contributed by atoms with Gasteiger partial charge in [-0.15, -0.1) is 0 Å². The van der Waals surface area contributed by atoms with Gasteiger partial charge in [-0.05, 0) is 35.4 Å². The highest BCUT2D eigenvalue weighted by molar-refractivity contribution is 7.84. The van der Waals surface area contributed by atoms with Crippen LogP contribution in [0.15, 0.2) is 53.4 Å². The van der Waals surface area contributed by atoms with Crippen LogP contribution in [0.2, 0.25) is 0 Å². The summed E-state index contributed by atoms with van der Waals surface area (Å²) in [6, 6.07) is 12.5. The van der Waals surface area contributed by atoms with Crippen LogP contribution in [0.4, 0.5) is 4.39 Å². The second kappa shape index (κ2) is 6.43. The standard InChI is InChI=1S/C15H13FO3S/c16-13-5-7-14(8-6-13)20(19)10-12-4-2-1-3-11(12)9-15(17)18/h1-8H,9-10H2,(H,17,18). The van der Waals surface area contributed by atoms with Gasteiger partial charge in [0.1, 0.15) is 5.82 Å². The lowest BCUT2D eigenvalue weighted by molar-refractivity contribution is -0.136. The number of hydrogen-bond donors (Lipinski definition) is 1. The molecule has 0 aliphatic rings. The van der Waals surface area contributed by atoms with Crippen LogP contribution in [0.5, 0.6) is 0 Å². The highest BCUT2D eigenvalue weighted by Gasteiger charge is 2.10. The summed E-state index contributed by atoms with van der Waals surface area (Å²) in [7, 11) is -1.33. The summed E-state index contributed by atoms with van der Waals surface area (Å²) >= 11 is 0. The van der Waals surface area contributed by atoms with Gasteiger partial charge in [0.25, 0.3) is 0 Å². The van der Waals surface area contributed by atoms with E-state index < -0.39 is 16.8 Å². The van der Waals surface area contributed by atoms with E-state index in [0.717, 1.165) is 5.56 Å². The summed E-state index contributed by atoms with van der Waals surface area (Å²) in [4.78, 5) is 11.3. The van der Waals surface area contributed by atoms with Gasteiger partial charge in [0.15, 0.2) is 0 Å². The molecule has 0 bridgehead atoms. The number of carbonyl (C=O) groups is 1. The predicted octanol–water partition coefficient (Wildman–Crippen LogP) is 2.76. The maximum atomic E-state index is 12.8. The number of rotatable bonds is 5. The molecule has 2 aromatic rings. The molecule has 0 amide bonds. The Kier molecular flexibility index (Phi) is 4.63. The topological polar surface area (TPSA) is 54.4 Å². The molecule has 2 rings (SSSR count). The molecule has 0 radical (unpaired) electrons. The van der Waals surface area contributed by atoms with Gasteiger partial charge in [-0.3, -0.25) is 9.00 Å². The molecule has 1 N–H and O–H groups in total. The monoisotopic (exact) mass is 292 g/mol. The second-order valence-electron chi connectivity index (χ2n) is 4.28. The van der Waals surface area contributed by atoms with Gasteiger partial charge >= 0.3 is 5.97 Å². The van der Waals surface area contributed by atoms with Gasteiger partial charge in [-0.1, -0.05) is 24.3 Å². The van der Waals surface area contributed by atoms with Crippen LogP contribution in [0.3, 0.4) is 0 Å². The van der Waals surface area contributed by atoms with E-state index in [1.807, 2.05) is 0 Å². The summed E-state index contributed by atoms with van der Waals surface area (Å²) in [5, 5.41) is 8.86. The maximum absolute atomic E-state index is 12.8. The molecule has 1 unspecified atom stereocenters. The quantitative estimate of drug-likeness (QED) is 0.922. The Morgan fingerprint density at radius 3 is 2.25 bits per heavy atom. The third-order valence-corrected chi connectivity index (χ3v) is 4.19. The number of benzene rings is 2. The first kappa shape index (κ1) is 14.4. The van der Waals surface area contributed by atoms with E-state index in [1.165, 1.54) is 24.3 Å². The van der Waals surface area contributed by atoms with E-state index in [9.17, 15) is 13.4 Å². The van der Waals surface area contributed by atoms with Crippen molar-refractivity contribution in [2.24, 2.45) is 0 Å². The zero-order chi connectivity index (χ0) is 14.5. The third-order valence-electron chi connectivity index (χ3n) is 2.82. The average molecular weight is 292 g/mol. The predicted molar refractivity (Wildman–Crippen MR) is 74.3 cm³/mol. The molecule has 0 aromatic heterocycles. The van der Waals surface area contributed by atoms with E-state index in [0.29, 0.717) is 10.5 Å². The Morgan fingerprint density at radius 2 is 1.65 bits per heavy atom. The largest absolute Gasteiger partial charge is 0.481 e. The van der Waals surface area contributed by atoms with Crippen molar-refractivity contribution in [3.8, 4) is 0 Å². The minimum atomic E-state index is -1.33. The van der Waals surface area contributed by atoms with Crippen molar-refractivity contribution < 1.29 is 18.5 Å².